The number of pyridine rings is 1. The van der Waals surface area contributed by atoms with Gasteiger partial charge in [-0.2, -0.15) is 5.10 Å². The standard InChI is InChI=1S/C14H11N7O/c22-14(11-2-1-3-12-18-9-19-21(11)12)17-7-10-6-16-13-8-15-4-5-20(10)13/h1-6,8-9H,7H2,(H,17,22). The van der Waals surface area contributed by atoms with Crippen LogP contribution in [0.3, 0.4) is 0 Å². The first kappa shape index (κ1) is 12.5. The summed E-state index contributed by atoms with van der Waals surface area (Å²) in [7, 11) is 0. The zero-order valence-electron chi connectivity index (χ0n) is 11.4. The molecule has 0 atom stereocenters. The lowest BCUT2D eigenvalue weighted by Gasteiger charge is -2.06. The van der Waals surface area contributed by atoms with E-state index in [0.29, 0.717) is 17.9 Å². The van der Waals surface area contributed by atoms with Crippen molar-refractivity contribution in [2.75, 3.05) is 0 Å². The van der Waals surface area contributed by atoms with Gasteiger partial charge in [-0.1, -0.05) is 6.07 Å². The first-order chi connectivity index (χ1) is 10.8. The monoisotopic (exact) mass is 293 g/mol. The Morgan fingerprint density at radius 2 is 2.14 bits per heavy atom. The van der Waals surface area contributed by atoms with Gasteiger partial charge in [-0.05, 0) is 12.1 Å². The number of carbonyl (C=O) groups excluding carboxylic acids is 1. The van der Waals surface area contributed by atoms with Crippen LogP contribution in [0.1, 0.15) is 16.2 Å². The second-order valence-electron chi connectivity index (χ2n) is 4.68. The minimum atomic E-state index is -0.222. The van der Waals surface area contributed by atoms with Crippen LogP contribution in [-0.4, -0.2) is 34.9 Å². The Morgan fingerprint density at radius 1 is 1.18 bits per heavy atom. The van der Waals surface area contributed by atoms with Crippen molar-refractivity contribution in [3.63, 3.8) is 0 Å². The predicted molar refractivity (Wildman–Crippen MR) is 77.1 cm³/mol. The van der Waals surface area contributed by atoms with E-state index in [2.05, 4.69) is 25.4 Å². The topological polar surface area (TPSA) is 89.5 Å². The van der Waals surface area contributed by atoms with E-state index in [9.17, 15) is 4.79 Å². The van der Waals surface area contributed by atoms with Gasteiger partial charge in [-0.3, -0.25) is 14.2 Å². The van der Waals surface area contributed by atoms with Crippen molar-refractivity contribution in [1.29, 1.82) is 0 Å². The lowest BCUT2D eigenvalue weighted by Crippen LogP contribution is -2.25. The molecule has 108 valence electrons. The van der Waals surface area contributed by atoms with Gasteiger partial charge in [0.05, 0.1) is 24.6 Å². The van der Waals surface area contributed by atoms with Crippen LogP contribution in [-0.2, 0) is 6.54 Å². The third kappa shape index (κ3) is 1.97. The van der Waals surface area contributed by atoms with E-state index in [1.807, 2.05) is 10.6 Å². The molecule has 0 radical (unpaired) electrons. The number of hydrogen-bond donors (Lipinski definition) is 1. The van der Waals surface area contributed by atoms with Crippen molar-refractivity contribution in [2.24, 2.45) is 0 Å². The van der Waals surface area contributed by atoms with Crippen LogP contribution in [0.5, 0.6) is 0 Å². The Bertz CT molecular complexity index is 971. The molecule has 4 rings (SSSR count). The SMILES string of the molecule is O=C(NCc1cnc2cnccn12)c1cccc2ncnn12. The molecule has 8 nitrogen and oxygen atoms in total. The smallest absolute Gasteiger partial charge is 0.270 e. The molecule has 0 spiro atoms. The van der Waals surface area contributed by atoms with Crippen molar-refractivity contribution < 1.29 is 4.79 Å². The lowest BCUT2D eigenvalue weighted by molar-refractivity contribution is 0.0943. The van der Waals surface area contributed by atoms with E-state index >= 15 is 0 Å². The molecule has 0 bridgehead atoms. The summed E-state index contributed by atoms with van der Waals surface area (Å²) in [5.41, 5.74) is 2.68. The van der Waals surface area contributed by atoms with Gasteiger partial charge >= 0.3 is 0 Å². The Balaban J connectivity index is 1.59. The zero-order valence-corrected chi connectivity index (χ0v) is 11.4. The van der Waals surface area contributed by atoms with Crippen LogP contribution in [0.2, 0.25) is 0 Å². The summed E-state index contributed by atoms with van der Waals surface area (Å²) >= 11 is 0. The first-order valence-corrected chi connectivity index (χ1v) is 6.66. The molecule has 0 fully saturated rings. The summed E-state index contributed by atoms with van der Waals surface area (Å²) in [6.45, 7) is 0.356. The van der Waals surface area contributed by atoms with Gasteiger partial charge in [0.15, 0.2) is 11.3 Å². The average molecular weight is 293 g/mol. The molecule has 1 N–H and O–H groups in total. The highest BCUT2D eigenvalue weighted by atomic mass is 16.2. The highest BCUT2D eigenvalue weighted by Gasteiger charge is 2.12. The number of imidazole rings is 1. The average Bonchev–Trinajstić information content (AvgIpc) is 3.19. The molecule has 4 aromatic rings. The van der Waals surface area contributed by atoms with Crippen molar-refractivity contribution in [3.8, 4) is 0 Å². The number of nitrogens with one attached hydrogen (secondary N) is 1. The number of hydrogen-bond acceptors (Lipinski definition) is 5. The van der Waals surface area contributed by atoms with E-state index < -0.39 is 0 Å². The fourth-order valence-corrected chi connectivity index (χ4v) is 2.30. The highest BCUT2D eigenvalue weighted by Crippen LogP contribution is 2.06. The molecule has 4 aromatic heterocycles. The molecule has 0 unspecified atom stereocenters. The normalized spacial score (nSPS) is 11.1. The Morgan fingerprint density at radius 3 is 3.09 bits per heavy atom. The first-order valence-electron chi connectivity index (χ1n) is 6.66. The molecule has 0 saturated carbocycles. The largest absolute Gasteiger partial charge is 0.345 e. The highest BCUT2D eigenvalue weighted by molar-refractivity contribution is 5.92. The van der Waals surface area contributed by atoms with E-state index in [1.165, 1.54) is 10.8 Å². The van der Waals surface area contributed by atoms with Gasteiger partial charge in [-0.25, -0.2) is 14.5 Å². The Kier molecular flexibility index (Phi) is 2.78. The third-order valence-electron chi connectivity index (χ3n) is 3.36. The van der Waals surface area contributed by atoms with Crippen LogP contribution in [0.15, 0.2) is 49.3 Å². The molecule has 8 heteroatoms. The molecule has 0 aliphatic rings. The van der Waals surface area contributed by atoms with Crippen LogP contribution < -0.4 is 5.32 Å². The molecular formula is C14H11N7O. The second kappa shape index (κ2) is 4.92. The molecule has 1 amide bonds. The minimum Gasteiger partial charge on any atom is -0.345 e. The van der Waals surface area contributed by atoms with E-state index in [-0.39, 0.29) is 5.91 Å². The fourth-order valence-electron chi connectivity index (χ4n) is 2.30. The van der Waals surface area contributed by atoms with Crippen molar-refractivity contribution in [2.45, 2.75) is 6.54 Å². The zero-order chi connectivity index (χ0) is 14.9. The summed E-state index contributed by atoms with van der Waals surface area (Å²) in [5.74, 6) is -0.222. The number of nitrogens with zero attached hydrogens (tertiary/aromatic N) is 6. The Labute approximate surface area is 124 Å². The third-order valence-corrected chi connectivity index (χ3v) is 3.36. The van der Waals surface area contributed by atoms with Crippen LogP contribution in [0.4, 0.5) is 0 Å². The van der Waals surface area contributed by atoms with E-state index in [0.717, 1.165) is 11.3 Å². The van der Waals surface area contributed by atoms with Gasteiger partial charge in [0, 0.05) is 12.4 Å². The summed E-state index contributed by atoms with van der Waals surface area (Å²) in [6, 6.07) is 5.27. The molecule has 0 aliphatic carbocycles. The summed E-state index contributed by atoms with van der Waals surface area (Å²) < 4.78 is 3.39. The molecule has 0 aliphatic heterocycles. The lowest BCUT2D eigenvalue weighted by atomic mass is 10.3. The number of carbonyl (C=O) groups is 1. The molecule has 22 heavy (non-hydrogen) atoms. The van der Waals surface area contributed by atoms with Gasteiger partial charge in [0.2, 0.25) is 0 Å². The van der Waals surface area contributed by atoms with Gasteiger partial charge in [0.1, 0.15) is 12.0 Å². The number of amides is 1. The van der Waals surface area contributed by atoms with Crippen LogP contribution >= 0.6 is 0 Å². The quantitative estimate of drug-likeness (QED) is 0.600. The van der Waals surface area contributed by atoms with Crippen molar-refractivity contribution in [3.05, 3.63) is 60.7 Å². The molecule has 4 heterocycles. The summed E-state index contributed by atoms with van der Waals surface area (Å²) in [6.07, 6.45) is 8.29. The Hall–Kier alpha value is -3.29. The van der Waals surface area contributed by atoms with Crippen LogP contribution in [0.25, 0.3) is 11.3 Å². The molecule has 0 saturated heterocycles. The van der Waals surface area contributed by atoms with Gasteiger partial charge in [-0.15, -0.1) is 0 Å². The minimum absolute atomic E-state index is 0.222. The van der Waals surface area contributed by atoms with E-state index in [4.69, 9.17) is 0 Å². The van der Waals surface area contributed by atoms with Crippen LogP contribution in [0, 0.1) is 0 Å². The number of aromatic nitrogens is 6. The van der Waals surface area contributed by atoms with Gasteiger partial charge < -0.3 is 5.32 Å². The van der Waals surface area contributed by atoms with E-state index in [1.54, 1.807) is 36.8 Å². The maximum atomic E-state index is 12.3. The van der Waals surface area contributed by atoms with Gasteiger partial charge in [0.25, 0.3) is 5.91 Å². The summed E-state index contributed by atoms with van der Waals surface area (Å²) in [4.78, 5) is 24.7. The molecule has 0 aromatic carbocycles. The summed E-state index contributed by atoms with van der Waals surface area (Å²) in [5, 5.41) is 6.92. The maximum Gasteiger partial charge on any atom is 0.270 e. The van der Waals surface area contributed by atoms with Crippen molar-refractivity contribution in [1.82, 2.24) is 34.3 Å². The van der Waals surface area contributed by atoms with Crippen molar-refractivity contribution >= 4 is 17.2 Å². The fraction of sp³-hybridized carbons (Fsp3) is 0.0714. The number of fused-ring (bicyclic) bond motifs is 2. The number of rotatable bonds is 3. The maximum absolute atomic E-state index is 12.3. The predicted octanol–water partition coefficient (Wildman–Crippen LogP) is 0.702. The molecular weight excluding hydrogens is 282 g/mol. The second-order valence-corrected chi connectivity index (χ2v) is 4.68.